The van der Waals surface area contributed by atoms with Crippen LogP contribution >= 0.6 is 15.9 Å². The smallest absolute Gasteiger partial charge is 0.311 e. The first-order valence-corrected chi connectivity index (χ1v) is 5.34. The normalized spacial score (nSPS) is 10.5. The summed E-state index contributed by atoms with van der Waals surface area (Å²) in [5.41, 5.74) is -2.03. The maximum atomic E-state index is 12.8. The highest BCUT2D eigenvalue weighted by molar-refractivity contribution is 9.10. The molecule has 0 fully saturated rings. The van der Waals surface area contributed by atoms with E-state index in [1.54, 1.807) is 0 Å². The minimum atomic E-state index is -3.11. The number of pyridine rings is 1. The van der Waals surface area contributed by atoms with Gasteiger partial charge in [-0.2, -0.15) is 0 Å². The second kappa shape index (κ2) is 5.80. The average molecular weight is 325 g/mol. The molecule has 0 aliphatic heterocycles. The Morgan fingerprint density at radius 3 is 2.72 bits per heavy atom. The predicted molar refractivity (Wildman–Crippen MR) is 59.3 cm³/mol. The largest absolute Gasteiger partial charge is 0.469 e. The summed E-state index contributed by atoms with van der Waals surface area (Å²) in [4.78, 5) is 24.5. The Kier molecular flexibility index (Phi) is 4.65. The highest BCUT2D eigenvalue weighted by Gasteiger charge is 2.28. The Hall–Kier alpha value is -1.64. The third-order valence-corrected chi connectivity index (χ3v) is 2.45. The molecule has 0 bridgehead atoms. The highest BCUT2D eigenvalue weighted by Crippen LogP contribution is 2.33. The van der Waals surface area contributed by atoms with Gasteiger partial charge in [0.25, 0.3) is 12.1 Å². The number of carbonyl (C=O) groups is 1. The van der Waals surface area contributed by atoms with Gasteiger partial charge in [-0.1, -0.05) is 0 Å². The van der Waals surface area contributed by atoms with E-state index in [4.69, 9.17) is 0 Å². The van der Waals surface area contributed by atoms with Gasteiger partial charge in [0.1, 0.15) is 10.2 Å². The molecule has 0 unspecified atom stereocenters. The van der Waals surface area contributed by atoms with Gasteiger partial charge >= 0.3 is 5.97 Å². The molecule has 1 aromatic heterocycles. The number of alkyl halides is 2. The van der Waals surface area contributed by atoms with Gasteiger partial charge < -0.3 is 4.74 Å². The number of hydrogen-bond acceptors (Lipinski definition) is 5. The number of nitrogens with zero attached hydrogens (tertiary/aromatic N) is 2. The minimum Gasteiger partial charge on any atom is -0.469 e. The van der Waals surface area contributed by atoms with Gasteiger partial charge in [-0.15, -0.1) is 0 Å². The molecule has 1 rings (SSSR count). The summed E-state index contributed by atoms with van der Waals surface area (Å²) in [6, 6.07) is 0.863. The third kappa shape index (κ3) is 3.19. The molecule has 0 amide bonds. The number of nitro groups is 1. The summed E-state index contributed by atoms with van der Waals surface area (Å²) >= 11 is 2.86. The Bertz CT molecular complexity index is 496. The molecule has 0 atom stereocenters. The lowest BCUT2D eigenvalue weighted by Crippen LogP contribution is -2.11. The lowest BCUT2D eigenvalue weighted by atomic mass is 10.1. The zero-order valence-electron chi connectivity index (χ0n) is 9.02. The summed E-state index contributed by atoms with van der Waals surface area (Å²) in [5, 5.41) is 10.7. The van der Waals surface area contributed by atoms with Gasteiger partial charge in [-0.3, -0.25) is 14.9 Å². The van der Waals surface area contributed by atoms with Crippen LogP contribution in [0.1, 0.15) is 17.7 Å². The van der Waals surface area contributed by atoms with Crippen molar-refractivity contribution in [2.75, 3.05) is 7.11 Å². The summed E-state index contributed by atoms with van der Waals surface area (Å²) in [7, 11) is 1.08. The number of hydrogen-bond donors (Lipinski definition) is 0. The highest BCUT2D eigenvalue weighted by atomic mass is 79.9. The van der Waals surface area contributed by atoms with Crippen LogP contribution in [0.25, 0.3) is 0 Å². The van der Waals surface area contributed by atoms with Crippen molar-refractivity contribution < 1.29 is 23.2 Å². The van der Waals surface area contributed by atoms with Crippen LogP contribution in [-0.2, 0) is 16.0 Å². The molecule has 0 aliphatic carbocycles. The SMILES string of the molecule is COC(=O)Cc1nc(Br)cc([N+](=O)[O-])c1C(F)F. The van der Waals surface area contributed by atoms with Crippen LogP contribution in [0.5, 0.6) is 0 Å². The minimum absolute atomic E-state index is 0.00231. The number of ether oxygens (including phenoxy) is 1. The molecule has 98 valence electrons. The molecule has 18 heavy (non-hydrogen) atoms. The van der Waals surface area contributed by atoms with Gasteiger partial charge in [0.2, 0.25) is 0 Å². The van der Waals surface area contributed by atoms with Gasteiger partial charge in [0, 0.05) is 6.07 Å². The van der Waals surface area contributed by atoms with Gasteiger partial charge in [0.05, 0.1) is 24.1 Å². The Morgan fingerprint density at radius 2 is 2.28 bits per heavy atom. The number of methoxy groups -OCH3 is 1. The lowest BCUT2D eigenvalue weighted by Gasteiger charge is -2.08. The fraction of sp³-hybridized carbons (Fsp3) is 0.333. The first-order chi connectivity index (χ1) is 8.36. The van der Waals surface area contributed by atoms with Crippen LogP contribution in [0.4, 0.5) is 14.5 Å². The Balaban J connectivity index is 3.38. The van der Waals surface area contributed by atoms with Crippen LogP contribution in [0.3, 0.4) is 0 Å². The Labute approximate surface area is 108 Å². The van der Waals surface area contributed by atoms with Crippen molar-refractivity contribution >= 4 is 27.6 Å². The van der Waals surface area contributed by atoms with Crippen LogP contribution in [0.2, 0.25) is 0 Å². The molecule has 1 aromatic rings. The van der Waals surface area contributed by atoms with E-state index in [0.29, 0.717) is 0 Å². The molecule has 9 heteroatoms. The van der Waals surface area contributed by atoms with E-state index in [1.165, 1.54) is 0 Å². The van der Waals surface area contributed by atoms with E-state index in [9.17, 15) is 23.7 Å². The summed E-state index contributed by atoms with van der Waals surface area (Å²) in [6.45, 7) is 0. The van der Waals surface area contributed by atoms with Gasteiger partial charge in [0.15, 0.2) is 0 Å². The van der Waals surface area contributed by atoms with Crippen molar-refractivity contribution in [3.05, 3.63) is 32.0 Å². The molecular weight excluding hydrogens is 318 g/mol. The molecule has 0 spiro atoms. The summed E-state index contributed by atoms with van der Waals surface area (Å²) in [6.07, 6.45) is -3.66. The second-order valence-electron chi connectivity index (χ2n) is 3.14. The van der Waals surface area contributed by atoms with Crippen molar-refractivity contribution in [2.24, 2.45) is 0 Å². The van der Waals surface area contributed by atoms with Gasteiger partial charge in [-0.25, -0.2) is 13.8 Å². The summed E-state index contributed by atoms with van der Waals surface area (Å²) < 4.78 is 30.0. The monoisotopic (exact) mass is 324 g/mol. The van der Waals surface area contributed by atoms with E-state index in [2.05, 4.69) is 25.7 Å². The van der Waals surface area contributed by atoms with E-state index in [-0.39, 0.29) is 10.3 Å². The number of esters is 1. The van der Waals surface area contributed by atoms with Crippen molar-refractivity contribution in [1.82, 2.24) is 4.98 Å². The summed E-state index contributed by atoms with van der Waals surface area (Å²) in [5.74, 6) is -0.809. The quantitative estimate of drug-likeness (QED) is 0.367. The van der Waals surface area contributed by atoms with Crippen molar-refractivity contribution in [1.29, 1.82) is 0 Å². The fourth-order valence-electron chi connectivity index (χ4n) is 1.29. The molecular formula is C9H7BrF2N2O4. The lowest BCUT2D eigenvalue weighted by molar-refractivity contribution is -0.386. The molecule has 0 saturated heterocycles. The zero-order valence-corrected chi connectivity index (χ0v) is 10.6. The first-order valence-electron chi connectivity index (χ1n) is 4.55. The van der Waals surface area contributed by atoms with E-state index >= 15 is 0 Å². The Morgan fingerprint density at radius 1 is 1.67 bits per heavy atom. The molecule has 0 aromatic carbocycles. The van der Waals surface area contributed by atoms with Crippen LogP contribution in [0.15, 0.2) is 10.7 Å². The first kappa shape index (κ1) is 14.4. The maximum absolute atomic E-state index is 12.8. The van der Waals surface area contributed by atoms with Crippen molar-refractivity contribution in [3.63, 3.8) is 0 Å². The zero-order chi connectivity index (χ0) is 13.9. The standard InChI is InChI=1S/C9H7BrF2N2O4/c1-18-7(15)2-4-8(9(11)12)5(14(16)17)3-6(10)13-4/h3,9H,2H2,1H3. The number of aromatic nitrogens is 1. The number of rotatable bonds is 4. The van der Waals surface area contributed by atoms with Crippen molar-refractivity contribution in [2.45, 2.75) is 12.8 Å². The number of carbonyl (C=O) groups excluding carboxylic acids is 1. The maximum Gasteiger partial charge on any atom is 0.311 e. The van der Waals surface area contributed by atoms with Crippen LogP contribution in [-0.4, -0.2) is 23.0 Å². The second-order valence-corrected chi connectivity index (χ2v) is 3.95. The van der Waals surface area contributed by atoms with E-state index in [1.807, 2.05) is 0 Å². The molecule has 0 aliphatic rings. The van der Waals surface area contributed by atoms with Crippen molar-refractivity contribution in [3.8, 4) is 0 Å². The molecule has 0 radical (unpaired) electrons. The molecule has 0 saturated carbocycles. The van der Waals surface area contributed by atoms with Gasteiger partial charge in [-0.05, 0) is 15.9 Å². The third-order valence-electron chi connectivity index (χ3n) is 2.04. The fourth-order valence-corrected chi connectivity index (χ4v) is 1.72. The van der Waals surface area contributed by atoms with Crippen LogP contribution in [0, 0.1) is 10.1 Å². The van der Waals surface area contributed by atoms with Crippen LogP contribution < -0.4 is 0 Å². The number of halogens is 3. The molecule has 0 N–H and O–H groups in total. The predicted octanol–water partition coefficient (Wildman–Crippen LogP) is 2.41. The van der Waals surface area contributed by atoms with E-state index in [0.717, 1.165) is 13.2 Å². The van der Waals surface area contributed by atoms with E-state index < -0.39 is 35.0 Å². The topological polar surface area (TPSA) is 82.3 Å². The molecule has 6 nitrogen and oxygen atoms in total. The molecule has 1 heterocycles. The average Bonchev–Trinajstić information content (AvgIpc) is 2.27.